The zero-order valence-corrected chi connectivity index (χ0v) is 16.7. The van der Waals surface area contributed by atoms with Crippen molar-refractivity contribution in [2.45, 2.75) is 25.2 Å². The molecular formula is C18H17ClN2O3S2. The number of esters is 1. The summed E-state index contributed by atoms with van der Waals surface area (Å²) in [5.41, 5.74) is 1.90. The third kappa shape index (κ3) is 3.79. The van der Waals surface area contributed by atoms with E-state index in [2.05, 4.69) is 11.9 Å². The normalized spacial score (nSPS) is 11.0. The summed E-state index contributed by atoms with van der Waals surface area (Å²) in [5.74, 6) is 0.609. The number of aromatic nitrogens is 2. The minimum absolute atomic E-state index is 0.170. The van der Waals surface area contributed by atoms with Gasteiger partial charge in [-0.15, -0.1) is 23.1 Å². The van der Waals surface area contributed by atoms with Crippen LogP contribution in [0.15, 0.2) is 29.3 Å². The molecule has 2 aromatic heterocycles. The average molecular weight is 409 g/mol. The number of hydrogen-bond acceptors (Lipinski definition) is 6. The summed E-state index contributed by atoms with van der Waals surface area (Å²) in [6.45, 7) is 4.18. The maximum absolute atomic E-state index is 11.8. The van der Waals surface area contributed by atoms with Crippen molar-refractivity contribution in [1.82, 2.24) is 9.38 Å². The van der Waals surface area contributed by atoms with Crippen molar-refractivity contribution in [3.63, 3.8) is 0 Å². The molecule has 1 aromatic carbocycles. The van der Waals surface area contributed by atoms with Gasteiger partial charge in [0.05, 0.1) is 13.0 Å². The Morgan fingerprint density at radius 3 is 2.92 bits per heavy atom. The van der Waals surface area contributed by atoms with Crippen molar-refractivity contribution < 1.29 is 14.3 Å². The van der Waals surface area contributed by atoms with Crippen LogP contribution >= 0.6 is 34.7 Å². The Kier molecular flexibility index (Phi) is 6.01. The minimum atomic E-state index is -0.290. The Balaban J connectivity index is 2.06. The molecule has 0 aliphatic carbocycles. The summed E-state index contributed by atoms with van der Waals surface area (Å²) in [6.07, 6.45) is 2.73. The fraction of sp³-hybridized carbons (Fsp3) is 0.278. The zero-order valence-electron chi connectivity index (χ0n) is 14.3. The van der Waals surface area contributed by atoms with Crippen LogP contribution in [0.4, 0.5) is 0 Å². The van der Waals surface area contributed by atoms with Gasteiger partial charge in [-0.3, -0.25) is 14.0 Å². The van der Waals surface area contributed by atoms with E-state index in [1.54, 1.807) is 29.3 Å². The number of thioether (sulfide) groups is 1. The standard InChI is InChI=1S/C18H17ClN2O3S2/c1-3-24-16(23)8-12-9-21-14(10-22)17(20-18(21)26-12)13-7-11(19)5-6-15(13)25-4-2/h5-7,9-10H,3-4,8H2,1-2H3. The molecule has 0 aliphatic rings. The second kappa shape index (κ2) is 8.24. The number of thiazole rings is 1. The van der Waals surface area contributed by atoms with Crippen molar-refractivity contribution in [2.75, 3.05) is 12.4 Å². The minimum Gasteiger partial charge on any atom is -0.466 e. The van der Waals surface area contributed by atoms with Gasteiger partial charge in [-0.1, -0.05) is 18.5 Å². The van der Waals surface area contributed by atoms with Gasteiger partial charge in [0.25, 0.3) is 0 Å². The number of aldehydes is 1. The lowest BCUT2D eigenvalue weighted by Gasteiger charge is -2.07. The van der Waals surface area contributed by atoms with Crippen molar-refractivity contribution in [3.8, 4) is 11.3 Å². The smallest absolute Gasteiger partial charge is 0.311 e. The molecule has 26 heavy (non-hydrogen) atoms. The average Bonchev–Trinajstić information content (AvgIpc) is 3.13. The molecular weight excluding hydrogens is 392 g/mol. The van der Waals surface area contributed by atoms with Gasteiger partial charge in [-0.2, -0.15) is 0 Å². The van der Waals surface area contributed by atoms with Crippen LogP contribution in [0.5, 0.6) is 0 Å². The molecule has 0 spiro atoms. The molecule has 0 N–H and O–H groups in total. The highest BCUT2D eigenvalue weighted by Gasteiger charge is 2.20. The molecule has 0 atom stereocenters. The first-order valence-electron chi connectivity index (χ1n) is 8.11. The quantitative estimate of drug-likeness (QED) is 0.321. The molecule has 0 saturated heterocycles. The Morgan fingerprint density at radius 2 is 2.23 bits per heavy atom. The first-order chi connectivity index (χ1) is 12.6. The molecule has 0 amide bonds. The van der Waals surface area contributed by atoms with Crippen LogP contribution in [-0.4, -0.2) is 34.0 Å². The first kappa shape index (κ1) is 18.9. The van der Waals surface area contributed by atoms with Crippen LogP contribution in [0.3, 0.4) is 0 Å². The highest BCUT2D eigenvalue weighted by atomic mass is 35.5. The van der Waals surface area contributed by atoms with Gasteiger partial charge in [0.15, 0.2) is 11.2 Å². The molecule has 8 heteroatoms. The van der Waals surface area contributed by atoms with E-state index in [0.29, 0.717) is 28.0 Å². The molecule has 0 radical (unpaired) electrons. The molecule has 2 heterocycles. The summed E-state index contributed by atoms with van der Waals surface area (Å²) >= 11 is 9.21. The number of benzene rings is 1. The van der Waals surface area contributed by atoms with Gasteiger partial charge in [0, 0.05) is 26.6 Å². The highest BCUT2D eigenvalue weighted by molar-refractivity contribution is 7.99. The molecule has 0 aliphatic heterocycles. The Labute approximate surface area is 164 Å². The van der Waals surface area contributed by atoms with Gasteiger partial charge in [-0.25, -0.2) is 4.98 Å². The van der Waals surface area contributed by atoms with Crippen LogP contribution in [0.1, 0.15) is 29.2 Å². The number of ether oxygens (including phenoxy) is 1. The Bertz CT molecular complexity index is 965. The zero-order chi connectivity index (χ0) is 18.7. The summed E-state index contributed by atoms with van der Waals surface area (Å²) in [5, 5.41) is 0.594. The van der Waals surface area contributed by atoms with E-state index in [1.165, 1.54) is 11.3 Å². The monoisotopic (exact) mass is 408 g/mol. The molecule has 136 valence electrons. The number of halogens is 1. The van der Waals surface area contributed by atoms with E-state index in [0.717, 1.165) is 27.4 Å². The van der Waals surface area contributed by atoms with Crippen LogP contribution in [0.2, 0.25) is 5.02 Å². The van der Waals surface area contributed by atoms with E-state index >= 15 is 0 Å². The molecule has 0 unspecified atom stereocenters. The van der Waals surface area contributed by atoms with Gasteiger partial charge in [0.2, 0.25) is 0 Å². The maximum atomic E-state index is 11.8. The first-order valence-corrected chi connectivity index (χ1v) is 10.3. The third-order valence-corrected chi connectivity index (χ3v) is 5.82. The second-order valence-corrected chi connectivity index (χ2v) is 8.20. The lowest BCUT2D eigenvalue weighted by molar-refractivity contribution is -0.142. The summed E-state index contributed by atoms with van der Waals surface area (Å²) in [7, 11) is 0. The number of imidazole rings is 1. The summed E-state index contributed by atoms with van der Waals surface area (Å²) < 4.78 is 6.70. The molecule has 3 aromatic rings. The van der Waals surface area contributed by atoms with Crippen LogP contribution in [0, 0.1) is 0 Å². The van der Waals surface area contributed by atoms with Gasteiger partial charge < -0.3 is 4.74 Å². The van der Waals surface area contributed by atoms with Crippen molar-refractivity contribution in [2.24, 2.45) is 0 Å². The van der Waals surface area contributed by atoms with Crippen LogP contribution < -0.4 is 0 Å². The van der Waals surface area contributed by atoms with Crippen molar-refractivity contribution in [3.05, 3.63) is 40.0 Å². The fourth-order valence-corrected chi connectivity index (χ4v) is 4.55. The van der Waals surface area contributed by atoms with E-state index in [9.17, 15) is 9.59 Å². The van der Waals surface area contributed by atoms with E-state index in [1.807, 2.05) is 18.2 Å². The molecule has 3 rings (SSSR count). The Hall–Kier alpha value is -1.83. The number of hydrogen-bond donors (Lipinski definition) is 0. The largest absolute Gasteiger partial charge is 0.466 e. The van der Waals surface area contributed by atoms with E-state index in [-0.39, 0.29) is 12.4 Å². The number of nitrogens with zero attached hydrogens (tertiary/aromatic N) is 2. The molecule has 0 saturated carbocycles. The highest BCUT2D eigenvalue weighted by Crippen LogP contribution is 2.36. The summed E-state index contributed by atoms with van der Waals surface area (Å²) in [4.78, 5) is 30.6. The number of fused-ring (bicyclic) bond motifs is 1. The second-order valence-electron chi connectivity index (χ2n) is 5.37. The lowest BCUT2D eigenvalue weighted by atomic mass is 10.1. The molecule has 5 nitrogen and oxygen atoms in total. The topological polar surface area (TPSA) is 60.7 Å². The third-order valence-electron chi connectivity index (χ3n) is 3.64. The van der Waals surface area contributed by atoms with Crippen molar-refractivity contribution >= 4 is 51.9 Å². The van der Waals surface area contributed by atoms with Gasteiger partial charge in [0.1, 0.15) is 11.4 Å². The van der Waals surface area contributed by atoms with E-state index < -0.39 is 0 Å². The van der Waals surface area contributed by atoms with Gasteiger partial charge >= 0.3 is 5.97 Å². The van der Waals surface area contributed by atoms with E-state index in [4.69, 9.17) is 16.3 Å². The van der Waals surface area contributed by atoms with Gasteiger partial charge in [-0.05, 0) is 30.9 Å². The predicted molar refractivity (Wildman–Crippen MR) is 106 cm³/mol. The molecule has 0 bridgehead atoms. The number of carbonyl (C=O) groups is 2. The number of rotatable bonds is 7. The number of carbonyl (C=O) groups excluding carboxylic acids is 2. The molecule has 0 fully saturated rings. The predicted octanol–water partition coefficient (Wildman–Crippen LogP) is 4.75. The summed E-state index contributed by atoms with van der Waals surface area (Å²) in [6, 6.07) is 5.61. The fourth-order valence-electron chi connectivity index (χ4n) is 2.62. The van der Waals surface area contributed by atoms with Crippen LogP contribution in [-0.2, 0) is 16.0 Å². The lowest BCUT2D eigenvalue weighted by Crippen LogP contribution is -2.06. The maximum Gasteiger partial charge on any atom is 0.311 e. The SMILES string of the molecule is CCOC(=O)Cc1cn2c(C=O)c(-c3cc(Cl)ccc3SCC)nc2s1. The Morgan fingerprint density at radius 1 is 1.42 bits per heavy atom. The van der Waals surface area contributed by atoms with Crippen molar-refractivity contribution in [1.29, 1.82) is 0 Å². The van der Waals surface area contributed by atoms with Crippen LogP contribution in [0.25, 0.3) is 16.2 Å².